The van der Waals surface area contributed by atoms with E-state index in [0.717, 1.165) is 49.0 Å². The standard InChI is InChI=1S/C21H28FN5O2S.HI/c1-23-21(25-15-17-4-3-5-18(14-17)16-30(28,29)24-2)27-12-10-26(11-13-27)20-8-6-19(22)7-9-20;/h3-9,14,24H,10-13,15-16H2,1-2H3,(H,23,25);1H. The highest BCUT2D eigenvalue weighted by molar-refractivity contribution is 14.0. The molecule has 2 aromatic carbocycles. The largest absolute Gasteiger partial charge is 0.368 e. The van der Waals surface area contributed by atoms with Gasteiger partial charge in [-0.25, -0.2) is 17.5 Å². The molecule has 0 bridgehead atoms. The Balaban J connectivity index is 0.00000341. The van der Waals surface area contributed by atoms with Gasteiger partial charge < -0.3 is 15.1 Å². The van der Waals surface area contributed by atoms with Gasteiger partial charge in [-0.1, -0.05) is 24.3 Å². The van der Waals surface area contributed by atoms with Crippen molar-refractivity contribution in [2.24, 2.45) is 4.99 Å². The van der Waals surface area contributed by atoms with Crippen molar-refractivity contribution < 1.29 is 12.8 Å². The summed E-state index contributed by atoms with van der Waals surface area (Å²) in [6.45, 7) is 3.81. The lowest BCUT2D eigenvalue weighted by molar-refractivity contribution is 0.372. The summed E-state index contributed by atoms with van der Waals surface area (Å²) in [5.41, 5.74) is 2.75. The minimum atomic E-state index is -3.30. The van der Waals surface area contributed by atoms with Crippen LogP contribution in [0.15, 0.2) is 53.5 Å². The lowest BCUT2D eigenvalue weighted by atomic mass is 10.1. The molecule has 1 fully saturated rings. The van der Waals surface area contributed by atoms with E-state index < -0.39 is 10.0 Å². The number of piperazine rings is 1. The quantitative estimate of drug-likeness (QED) is 0.322. The van der Waals surface area contributed by atoms with E-state index in [4.69, 9.17) is 0 Å². The lowest BCUT2D eigenvalue weighted by Crippen LogP contribution is -2.52. The van der Waals surface area contributed by atoms with Crippen LogP contribution in [-0.4, -0.2) is 59.6 Å². The number of guanidine groups is 1. The van der Waals surface area contributed by atoms with Gasteiger partial charge in [0.15, 0.2) is 5.96 Å². The van der Waals surface area contributed by atoms with Crippen LogP contribution in [0.5, 0.6) is 0 Å². The molecular weight excluding hydrogens is 532 g/mol. The molecule has 0 atom stereocenters. The number of hydrogen-bond acceptors (Lipinski definition) is 4. The van der Waals surface area contributed by atoms with Gasteiger partial charge in [-0.15, -0.1) is 24.0 Å². The molecule has 1 saturated heterocycles. The first kappa shape index (κ1) is 25.3. The maximum absolute atomic E-state index is 13.1. The number of nitrogens with one attached hydrogen (secondary N) is 2. The Morgan fingerprint density at radius 1 is 1.06 bits per heavy atom. The summed E-state index contributed by atoms with van der Waals surface area (Å²) in [7, 11) is -0.129. The highest BCUT2D eigenvalue weighted by Crippen LogP contribution is 2.17. The molecule has 2 aromatic rings. The van der Waals surface area contributed by atoms with Gasteiger partial charge >= 0.3 is 0 Å². The topological polar surface area (TPSA) is 77.0 Å². The second kappa shape index (κ2) is 11.6. The van der Waals surface area contributed by atoms with Gasteiger partial charge in [0, 0.05) is 45.5 Å². The summed E-state index contributed by atoms with van der Waals surface area (Å²) in [6, 6.07) is 14.1. The zero-order chi connectivity index (χ0) is 21.6. The summed E-state index contributed by atoms with van der Waals surface area (Å²) in [6.07, 6.45) is 0. The zero-order valence-corrected chi connectivity index (χ0v) is 20.9. The maximum atomic E-state index is 13.1. The van der Waals surface area contributed by atoms with Gasteiger partial charge in [-0.2, -0.15) is 0 Å². The number of anilines is 1. The maximum Gasteiger partial charge on any atom is 0.215 e. The molecule has 1 heterocycles. The minimum absolute atomic E-state index is 0. The van der Waals surface area contributed by atoms with Crippen LogP contribution in [0.4, 0.5) is 10.1 Å². The van der Waals surface area contributed by atoms with Gasteiger partial charge in [0.05, 0.1) is 5.75 Å². The molecule has 1 aliphatic heterocycles. The van der Waals surface area contributed by atoms with Crippen molar-refractivity contribution in [3.05, 3.63) is 65.5 Å². The Labute approximate surface area is 200 Å². The lowest BCUT2D eigenvalue weighted by Gasteiger charge is -2.37. The molecule has 0 amide bonds. The Bertz CT molecular complexity index is 978. The second-order valence-electron chi connectivity index (χ2n) is 7.13. The summed E-state index contributed by atoms with van der Waals surface area (Å²) >= 11 is 0. The van der Waals surface area contributed by atoms with Crippen LogP contribution in [-0.2, 0) is 22.3 Å². The highest BCUT2D eigenvalue weighted by atomic mass is 127. The van der Waals surface area contributed by atoms with Crippen molar-refractivity contribution in [1.82, 2.24) is 14.9 Å². The average molecular weight is 561 g/mol. The van der Waals surface area contributed by atoms with E-state index >= 15 is 0 Å². The van der Waals surface area contributed by atoms with Crippen LogP contribution in [0.1, 0.15) is 11.1 Å². The third-order valence-corrected chi connectivity index (χ3v) is 6.43. The van der Waals surface area contributed by atoms with Crippen LogP contribution >= 0.6 is 24.0 Å². The number of benzene rings is 2. The molecule has 10 heteroatoms. The van der Waals surface area contributed by atoms with Crippen LogP contribution in [0.25, 0.3) is 0 Å². The Morgan fingerprint density at radius 3 is 2.32 bits per heavy atom. The van der Waals surface area contributed by atoms with Gasteiger partial charge in [0.25, 0.3) is 0 Å². The monoisotopic (exact) mass is 561 g/mol. The molecule has 0 aliphatic carbocycles. The Kier molecular flexibility index (Phi) is 9.51. The van der Waals surface area contributed by atoms with Crippen LogP contribution in [0, 0.1) is 5.82 Å². The molecule has 0 aromatic heterocycles. The average Bonchev–Trinajstić information content (AvgIpc) is 2.75. The summed E-state index contributed by atoms with van der Waals surface area (Å²) < 4.78 is 39.0. The number of nitrogens with zero attached hydrogens (tertiary/aromatic N) is 3. The van der Waals surface area contributed by atoms with E-state index in [-0.39, 0.29) is 35.5 Å². The molecule has 0 spiro atoms. The predicted molar refractivity (Wildman–Crippen MR) is 134 cm³/mol. The third kappa shape index (κ3) is 7.32. The molecule has 0 saturated carbocycles. The van der Waals surface area contributed by atoms with Gasteiger partial charge in [-0.3, -0.25) is 4.99 Å². The van der Waals surface area contributed by atoms with E-state index in [1.165, 1.54) is 19.2 Å². The number of rotatable bonds is 6. The number of halogens is 2. The van der Waals surface area contributed by atoms with Crippen molar-refractivity contribution >= 4 is 45.6 Å². The van der Waals surface area contributed by atoms with E-state index in [0.29, 0.717) is 6.54 Å². The first-order valence-electron chi connectivity index (χ1n) is 9.85. The fraction of sp³-hybridized carbons (Fsp3) is 0.381. The molecule has 3 rings (SSSR count). The van der Waals surface area contributed by atoms with Gasteiger partial charge in [0.1, 0.15) is 5.82 Å². The normalized spacial score (nSPS) is 14.9. The van der Waals surface area contributed by atoms with Gasteiger partial charge in [-0.05, 0) is 42.4 Å². The molecule has 0 radical (unpaired) electrons. The van der Waals surface area contributed by atoms with Crippen LogP contribution < -0.4 is 14.9 Å². The fourth-order valence-electron chi connectivity index (χ4n) is 3.46. The number of aliphatic imine (C=N–C) groups is 1. The summed E-state index contributed by atoms with van der Waals surface area (Å²) in [4.78, 5) is 8.81. The summed E-state index contributed by atoms with van der Waals surface area (Å²) in [5, 5.41) is 3.36. The first-order valence-corrected chi connectivity index (χ1v) is 11.5. The molecule has 170 valence electrons. The van der Waals surface area contributed by atoms with E-state index in [1.807, 2.05) is 24.3 Å². The predicted octanol–water partition coefficient (Wildman–Crippen LogP) is 2.39. The van der Waals surface area contributed by atoms with Crippen LogP contribution in [0.3, 0.4) is 0 Å². The fourth-order valence-corrected chi connectivity index (χ4v) is 4.23. The second-order valence-corrected chi connectivity index (χ2v) is 9.06. The smallest absolute Gasteiger partial charge is 0.215 e. The van der Waals surface area contributed by atoms with Crippen molar-refractivity contribution in [3.8, 4) is 0 Å². The summed E-state index contributed by atoms with van der Waals surface area (Å²) in [5.74, 6) is 0.536. The van der Waals surface area contributed by atoms with Crippen LogP contribution in [0.2, 0.25) is 0 Å². The Morgan fingerprint density at radius 2 is 1.71 bits per heavy atom. The molecule has 7 nitrogen and oxygen atoms in total. The third-order valence-electron chi connectivity index (χ3n) is 5.09. The first-order chi connectivity index (χ1) is 14.4. The number of sulfonamides is 1. The van der Waals surface area contributed by atoms with E-state index in [9.17, 15) is 12.8 Å². The van der Waals surface area contributed by atoms with Crippen molar-refractivity contribution in [1.29, 1.82) is 0 Å². The SMILES string of the molecule is CN=C(NCc1cccc(CS(=O)(=O)NC)c1)N1CCN(c2ccc(F)cc2)CC1.I. The molecule has 31 heavy (non-hydrogen) atoms. The van der Waals surface area contributed by atoms with Crippen molar-refractivity contribution in [2.75, 3.05) is 45.2 Å². The highest BCUT2D eigenvalue weighted by Gasteiger charge is 2.20. The Hall–Kier alpha value is -1.92. The van der Waals surface area contributed by atoms with Crippen molar-refractivity contribution in [3.63, 3.8) is 0 Å². The number of hydrogen-bond donors (Lipinski definition) is 2. The zero-order valence-electron chi connectivity index (χ0n) is 17.7. The molecular formula is C21H29FIN5O2S. The molecule has 2 N–H and O–H groups in total. The van der Waals surface area contributed by atoms with Crippen molar-refractivity contribution in [2.45, 2.75) is 12.3 Å². The molecule has 1 aliphatic rings. The van der Waals surface area contributed by atoms with E-state index in [2.05, 4.69) is 24.8 Å². The molecule has 0 unspecified atom stereocenters. The van der Waals surface area contributed by atoms with E-state index in [1.54, 1.807) is 19.2 Å². The van der Waals surface area contributed by atoms with Gasteiger partial charge in [0.2, 0.25) is 10.0 Å². The minimum Gasteiger partial charge on any atom is -0.368 e.